The van der Waals surface area contributed by atoms with Gasteiger partial charge in [0.1, 0.15) is 6.04 Å². The van der Waals surface area contributed by atoms with Gasteiger partial charge in [-0.05, 0) is 30.5 Å². The second-order valence-electron chi connectivity index (χ2n) is 5.65. The minimum Gasteiger partial charge on any atom is -0.480 e. The van der Waals surface area contributed by atoms with Gasteiger partial charge in [-0.1, -0.05) is 42.3 Å². The van der Waals surface area contributed by atoms with Gasteiger partial charge in [0.25, 0.3) is 0 Å². The molecule has 0 radical (unpaired) electrons. The van der Waals surface area contributed by atoms with E-state index in [9.17, 15) is 9.90 Å². The number of carboxylic acids is 1. The Kier molecular flexibility index (Phi) is 5.98. The number of nitrogens with one attached hydrogen (secondary N) is 1. The molecule has 23 heavy (non-hydrogen) atoms. The minimum atomic E-state index is -0.865. The molecule has 1 heterocycles. The van der Waals surface area contributed by atoms with Crippen LogP contribution in [0.15, 0.2) is 24.4 Å². The lowest BCUT2D eigenvalue weighted by Crippen LogP contribution is -2.37. The first-order valence-electron chi connectivity index (χ1n) is 7.19. The predicted octanol–water partition coefficient (Wildman–Crippen LogP) is 3.16. The fraction of sp³-hybridized carbons (Fsp3) is 0.400. The number of rotatable bonds is 7. The molecule has 1 aromatic heterocycles. The number of benzene rings is 1. The van der Waals surface area contributed by atoms with Gasteiger partial charge in [0, 0.05) is 6.54 Å². The maximum atomic E-state index is 11.2. The van der Waals surface area contributed by atoms with E-state index in [0.29, 0.717) is 28.7 Å². The van der Waals surface area contributed by atoms with Crippen molar-refractivity contribution in [1.29, 1.82) is 0 Å². The lowest BCUT2D eigenvalue weighted by molar-refractivity contribution is -0.140. The van der Waals surface area contributed by atoms with Crippen molar-refractivity contribution >= 4 is 29.2 Å². The Morgan fingerprint density at radius 3 is 2.70 bits per heavy atom. The molecule has 6 nitrogen and oxygen atoms in total. The summed E-state index contributed by atoms with van der Waals surface area (Å²) in [7, 11) is 0. The van der Waals surface area contributed by atoms with E-state index in [1.54, 1.807) is 29.1 Å². The first kappa shape index (κ1) is 17.7. The van der Waals surface area contributed by atoms with Gasteiger partial charge in [-0.3, -0.25) is 10.1 Å². The van der Waals surface area contributed by atoms with Crippen LogP contribution in [0.1, 0.15) is 26.0 Å². The van der Waals surface area contributed by atoms with Crippen LogP contribution in [0, 0.1) is 5.92 Å². The van der Waals surface area contributed by atoms with Gasteiger partial charge >= 0.3 is 5.97 Å². The number of hydrogen-bond donors (Lipinski definition) is 2. The largest absolute Gasteiger partial charge is 0.480 e. The lowest BCUT2D eigenvalue weighted by atomic mass is 10.0. The lowest BCUT2D eigenvalue weighted by Gasteiger charge is -2.15. The maximum absolute atomic E-state index is 11.2. The van der Waals surface area contributed by atoms with Crippen molar-refractivity contribution in [3.8, 4) is 5.69 Å². The van der Waals surface area contributed by atoms with E-state index >= 15 is 0 Å². The predicted molar refractivity (Wildman–Crippen MR) is 89.1 cm³/mol. The molecule has 8 heteroatoms. The third-order valence-electron chi connectivity index (χ3n) is 3.24. The molecule has 0 aliphatic heterocycles. The molecule has 0 bridgehead atoms. The van der Waals surface area contributed by atoms with Crippen LogP contribution in [0.3, 0.4) is 0 Å². The number of halogens is 2. The maximum Gasteiger partial charge on any atom is 0.320 e. The van der Waals surface area contributed by atoms with Crippen molar-refractivity contribution in [2.75, 3.05) is 0 Å². The molecule has 2 aromatic rings. The summed E-state index contributed by atoms with van der Waals surface area (Å²) >= 11 is 11.9. The molecule has 2 N–H and O–H groups in total. The van der Waals surface area contributed by atoms with E-state index < -0.39 is 12.0 Å². The van der Waals surface area contributed by atoms with Gasteiger partial charge in [0.2, 0.25) is 0 Å². The van der Waals surface area contributed by atoms with E-state index in [4.69, 9.17) is 23.2 Å². The van der Waals surface area contributed by atoms with Crippen molar-refractivity contribution in [3.63, 3.8) is 0 Å². The molecule has 124 valence electrons. The molecule has 0 amide bonds. The van der Waals surface area contributed by atoms with Crippen molar-refractivity contribution < 1.29 is 9.90 Å². The highest BCUT2D eigenvalue weighted by molar-refractivity contribution is 6.42. The van der Waals surface area contributed by atoms with E-state index in [2.05, 4.69) is 15.6 Å². The molecular formula is C15H18Cl2N4O2. The SMILES string of the molecule is CC(C)C[C@@H](NCc1cn(-c2ccc(Cl)c(Cl)c2)nn1)C(=O)O. The number of nitrogens with zero attached hydrogens (tertiary/aromatic N) is 3. The average molecular weight is 357 g/mol. The summed E-state index contributed by atoms with van der Waals surface area (Å²) in [5.41, 5.74) is 1.38. The van der Waals surface area contributed by atoms with Crippen LogP contribution in [0.2, 0.25) is 10.0 Å². The Morgan fingerprint density at radius 2 is 2.09 bits per heavy atom. The third-order valence-corrected chi connectivity index (χ3v) is 3.98. The Morgan fingerprint density at radius 1 is 1.35 bits per heavy atom. The molecule has 0 spiro atoms. The van der Waals surface area contributed by atoms with Crippen LogP contribution in [0.5, 0.6) is 0 Å². The first-order chi connectivity index (χ1) is 10.9. The molecule has 0 unspecified atom stereocenters. The number of aromatic nitrogens is 3. The number of carbonyl (C=O) groups is 1. The summed E-state index contributed by atoms with van der Waals surface area (Å²) in [5.74, 6) is -0.578. The molecule has 0 aliphatic carbocycles. The van der Waals surface area contributed by atoms with Crippen molar-refractivity contribution in [2.45, 2.75) is 32.9 Å². The van der Waals surface area contributed by atoms with Crippen molar-refractivity contribution in [1.82, 2.24) is 20.3 Å². The average Bonchev–Trinajstić information content (AvgIpc) is 2.94. The summed E-state index contributed by atoms with van der Waals surface area (Å²) in [6, 6.07) is 4.54. The highest BCUT2D eigenvalue weighted by Crippen LogP contribution is 2.24. The standard InChI is InChI=1S/C15H18Cl2N4O2/c1-9(2)5-14(15(22)23)18-7-10-8-21(20-19-10)11-3-4-12(16)13(17)6-11/h3-4,6,8-9,14,18H,5,7H2,1-2H3,(H,22,23)/t14-/m1/s1. The Hall–Kier alpha value is -1.63. The van der Waals surface area contributed by atoms with Crippen molar-refractivity contribution in [2.24, 2.45) is 5.92 Å². The normalized spacial score (nSPS) is 12.6. The summed E-state index contributed by atoms with van der Waals surface area (Å²) in [6.45, 7) is 4.29. The second-order valence-corrected chi connectivity index (χ2v) is 6.47. The zero-order valence-corrected chi connectivity index (χ0v) is 14.3. The zero-order chi connectivity index (χ0) is 17.0. The van der Waals surface area contributed by atoms with E-state index in [1.807, 2.05) is 13.8 Å². The third kappa shape index (κ3) is 4.92. The molecule has 2 rings (SSSR count). The highest BCUT2D eigenvalue weighted by Gasteiger charge is 2.18. The number of hydrogen-bond acceptors (Lipinski definition) is 4. The second kappa shape index (κ2) is 7.77. The quantitative estimate of drug-likeness (QED) is 0.796. The van der Waals surface area contributed by atoms with Crippen LogP contribution in [0.25, 0.3) is 5.69 Å². The van der Waals surface area contributed by atoms with E-state index in [1.165, 1.54) is 0 Å². The van der Waals surface area contributed by atoms with Crippen LogP contribution in [-0.4, -0.2) is 32.1 Å². The van der Waals surface area contributed by atoms with Crippen LogP contribution < -0.4 is 5.32 Å². The summed E-state index contributed by atoms with van der Waals surface area (Å²) in [4.78, 5) is 11.2. The van der Waals surface area contributed by atoms with Gasteiger partial charge in [-0.15, -0.1) is 5.10 Å². The highest BCUT2D eigenvalue weighted by atomic mass is 35.5. The first-order valence-corrected chi connectivity index (χ1v) is 7.95. The molecular weight excluding hydrogens is 339 g/mol. The van der Waals surface area contributed by atoms with Crippen LogP contribution >= 0.6 is 23.2 Å². The fourth-order valence-electron chi connectivity index (χ4n) is 2.10. The van der Waals surface area contributed by atoms with E-state index in [-0.39, 0.29) is 5.92 Å². The Labute approximate surface area is 144 Å². The minimum absolute atomic E-state index is 0.287. The molecule has 0 saturated heterocycles. The van der Waals surface area contributed by atoms with Crippen LogP contribution in [0.4, 0.5) is 0 Å². The Balaban J connectivity index is 2.04. The molecule has 1 atom stereocenters. The van der Waals surface area contributed by atoms with Gasteiger partial charge in [0.15, 0.2) is 0 Å². The number of carboxylic acid groups (broad SMARTS) is 1. The molecule has 0 fully saturated rings. The van der Waals surface area contributed by atoms with Gasteiger partial charge in [-0.2, -0.15) is 0 Å². The van der Waals surface area contributed by atoms with Crippen LogP contribution in [-0.2, 0) is 11.3 Å². The van der Waals surface area contributed by atoms with E-state index in [0.717, 1.165) is 5.69 Å². The fourth-order valence-corrected chi connectivity index (χ4v) is 2.40. The smallest absolute Gasteiger partial charge is 0.320 e. The molecule has 0 aliphatic rings. The summed E-state index contributed by atoms with van der Waals surface area (Å²) < 4.78 is 1.57. The Bertz CT molecular complexity index is 688. The van der Waals surface area contributed by atoms with Crippen molar-refractivity contribution in [3.05, 3.63) is 40.1 Å². The van der Waals surface area contributed by atoms with Gasteiger partial charge < -0.3 is 5.11 Å². The summed E-state index contributed by atoms with van der Waals surface area (Å²) in [6.07, 6.45) is 2.27. The topological polar surface area (TPSA) is 80.0 Å². The molecule has 0 saturated carbocycles. The number of aliphatic carboxylic acids is 1. The summed E-state index contributed by atoms with van der Waals surface area (Å²) in [5, 5.41) is 21.2. The van der Waals surface area contributed by atoms with Gasteiger partial charge in [-0.25, -0.2) is 4.68 Å². The molecule has 1 aromatic carbocycles. The zero-order valence-electron chi connectivity index (χ0n) is 12.8. The monoisotopic (exact) mass is 356 g/mol. The van der Waals surface area contributed by atoms with Gasteiger partial charge in [0.05, 0.1) is 27.6 Å².